The number of fused-ring (bicyclic) bond motifs is 2. The van der Waals surface area contributed by atoms with Crippen molar-refractivity contribution < 1.29 is 14.3 Å². The fourth-order valence-corrected chi connectivity index (χ4v) is 3.48. The first kappa shape index (κ1) is 18.5. The zero-order valence-electron chi connectivity index (χ0n) is 16.6. The number of aryl methyl sites for hydroxylation is 1. The predicted octanol–water partition coefficient (Wildman–Crippen LogP) is 4.02. The van der Waals surface area contributed by atoms with E-state index in [-0.39, 0.29) is 12.0 Å². The molecule has 0 amide bonds. The lowest BCUT2D eigenvalue weighted by Crippen LogP contribution is -2.45. The Balaban J connectivity index is 1.54. The second kappa shape index (κ2) is 6.95. The SMILES string of the molecule is Cc1cc2cc(Oc3cncc4c3CNC(C(=O)OC(C)(C)C)C4)ccc2[nH]1. The van der Waals surface area contributed by atoms with Crippen molar-refractivity contribution >= 4 is 16.9 Å². The van der Waals surface area contributed by atoms with Crippen LogP contribution in [0.4, 0.5) is 0 Å². The Bertz CT molecular complexity index is 1030. The van der Waals surface area contributed by atoms with Crippen LogP contribution in [-0.2, 0) is 22.5 Å². The summed E-state index contributed by atoms with van der Waals surface area (Å²) < 4.78 is 11.6. The van der Waals surface area contributed by atoms with Crippen LogP contribution in [0.2, 0.25) is 0 Å². The molecule has 6 nitrogen and oxygen atoms in total. The molecule has 146 valence electrons. The maximum absolute atomic E-state index is 12.4. The number of rotatable bonds is 3. The van der Waals surface area contributed by atoms with Crippen LogP contribution in [0.1, 0.15) is 37.6 Å². The summed E-state index contributed by atoms with van der Waals surface area (Å²) >= 11 is 0. The van der Waals surface area contributed by atoms with Crippen molar-refractivity contribution in [3.05, 3.63) is 53.5 Å². The van der Waals surface area contributed by atoms with Gasteiger partial charge < -0.3 is 14.5 Å². The first-order valence-corrected chi connectivity index (χ1v) is 9.48. The van der Waals surface area contributed by atoms with Crippen LogP contribution in [0.15, 0.2) is 36.7 Å². The largest absolute Gasteiger partial charge is 0.459 e. The molecule has 0 bridgehead atoms. The molecule has 28 heavy (non-hydrogen) atoms. The third-order valence-corrected chi connectivity index (χ3v) is 4.70. The van der Waals surface area contributed by atoms with Gasteiger partial charge >= 0.3 is 5.97 Å². The molecule has 1 aliphatic rings. The van der Waals surface area contributed by atoms with Crippen LogP contribution >= 0.6 is 0 Å². The molecule has 0 fully saturated rings. The lowest BCUT2D eigenvalue weighted by Gasteiger charge is -2.28. The Labute approximate surface area is 164 Å². The van der Waals surface area contributed by atoms with Gasteiger partial charge in [-0.25, -0.2) is 0 Å². The zero-order valence-corrected chi connectivity index (χ0v) is 16.6. The molecule has 3 heterocycles. The summed E-state index contributed by atoms with van der Waals surface area (Å²) in [6.07, 6.45) is 4.06. The summed E-state index contributed by atoms with van der Waals surface area (Å²) in [5.74, 6) is 1.23. The lowest BCUT2D eigenvalue weighted by molar-refractivity contribution is -0.157. The summed E-state index contributed by atoms with van der Waals surface area (Å²) in [7, 11) is 0. The molecular formula is C22H25N3O3. The second-order valence-corrected chi connectivity index (χ2v) is 8.25. The summed E-state index contributed by atoms with van der Waals surface area (Å²) in [4.78, 5) is 20.0. The smallest absolute Gasteiger partial charge is 0.324 e. The Morgan fingerprint density at radius 3 is 2.82 bits per heavy atom. The molecule has 1 atom stereocenters. The van der Waals surface area contributed by atoms with Crippen molar-refractivity contribution in [3.63, 3.8) is 0 Å². The standard InChI is InChI=1S/C22H25N3O3/c1-13-7-14-8-16(5-6-18(14)25-13)27-20-12-23-10-15-9-19(24-11-17(15)20)21(26)28-22(2,3)4/h5-8,10,12,19,24-25H,9,11H2,1-4H3. The van der Waals surface area contributed by atoms with E-state index in [2.05, 4.69) is 21.4 Å². The Kier molecular flexibility index (Phi) is 4.59. The van der Waals surface area contributed by atoms with Gasteiger partial charge in [0.15, 0.2) is 0 Å². The highest BCUT2D eigenvalue weighted by Crippen LogP contribution is 2.31. The number of pyridine rings is 1. The Hall–Kier alpha value is -2.86. The number of hydrogen-bond acceptors (Lipinski definition) is 5. The molecule has 2 aromatic heterocycles. The number of carbonyl (C=O) groups excluding carboxylic acids is 1. The van der Waals surface area contributed by atoms with Crippen molar-refractivity contribution in [2.75, 3.05) is 0 Å². The van der Waals surface area contributed by atoms with Gasteiger partial charge in [0.05, 0.1) is 6.20 Å². The Morgan fingerprint density at radius 1 is 1.21 bits per heavy atom. The minimum atomic E-state index is -0.503. The van der Waals surface area contributed by atoms with Gasteiger partial charge in [-0.05, 0) is 57.5 Å². The number of nitrogens with zero attached hydrogens (tertiary/aromatic N) is 1. The number of benzene rings is 1. The number of carbonyl (C=O) groups is 1. The lowest BCUT2D eigenvalue weighted by atomic mass is 9.97. The van der Waals surface area contributed by atoms with Crippen LogP contribution in [0.5, 0.6) is 11.5 Å². The van der Waals surface area contributed by atoms with Gasteiger partial charge in [-0.3, -0.25) is 15.1 Å². The van der Waals surface area contributed by atoms with Crippen LogP contribution in [0.25, 0.3) is 10.9 Å². The topological polar surface area (TPSA) is 76.2 Å². The monoisotopic (exact) mass is 379 g/mol. The van der Waals surface area contributed by atoms with Gasteiger partial charge in [0.2, 0.25) is 0 Å². The average molecular weight is 379 g/mol. The van der Waals surface area contributed by atoms with E-state index in [0.29, 0.717) is 18.7 Å². The van der Waals surface area contributed by atoms with Crippen molar-refractivity contribution in [2.24, 2.45) is 0 Å². The molecule has 1 aliphatic heterocycles. The molecule has 4 rings (SSSR count). The highest BCUT2D eigenvalue weighted by Gasteiger charge is 2.30. The minimum Gasteiger partial charge on any atom is -0.459 e. The van der Waals surface area contributed by atoms with Crippen LogP contribution in [0.3, 0.4) is 0 Å². The van der Waals surface area contributed by atoms with Gasteiger partial charge in [-0.15, -0.1) is 0 Å². The van der Waals surface area contributed by atoms with E-state index >= 15 is 0 Å². The fraction of sp³-hybridized carbons (Fsp3) is 0.364. The average Bonchev–Trinajstić information content (AvgIpc) is 2.99. The van der Waals surface area contributed by atoms with Crippen LogP contribution in [0, 0.1) is 6.92 Å². The first-order chi connectivity index (χ1) is 13.3. The van der Waals surface area contributed by atoms with E-state index in [4.69, 9.17) is 9.47 Å². The zero-order chi connectivity index (χ0) is 19.9. The van der Waals surface area contributed by atoms with E-state index in [1.54, 1.807) is 12.4 Å². The molecule has 2 N–H and O–H groups in total. The van der Waals surface area contributed by atoms with Crippen molar-refractivity contribution in [3.8, 4) is 11.5 Å². The summed E-state index contributed by atoms with van der Waals surface area (Å²) in [6.45, 7) is 8.18. The van der Waals surface area contributed by atoms with Gasteiger partial charge in [-0.1, -0.05) is 0 Å². The van der Waals surface area contributed by atoms with Gasteiger partial charge in [0.25, 0.3) is 0 Å². The molecular weight excluding hydrogens is 354 g/mol. The predicted molar refractivity (Wildman–Crippen MR) is 108 cm³/mol. The molecule has 0 radical (unpaired) electrons. The maximum Gasteiger partial charge on any atom is 0.324 e. The quantitative estimate of drug-likeness (QED) is 0.672. The number of H-pyrrole nitrogens is 1. The minimum absolute atomic E-state index is 0.238. The molecule has 0 aliphatic carbocycles. The van der Waals surface area contributed by atoms with Crippen LogP contribution < -0.4 is 10.1 Å². The second-order valence-electron chi connectivity index (χ2n) is 8.25. The maximum atomic E-state index is 12.4. The van der Waals surface area contributed by atoms with Crippen LogP contribution in [-0.4, -0.2) is 27.6 Å². The number of hydrogen-bond donors (Lipinski definition) is 2. The highest BCUT2D eigenvalue weighted by molar-refractivity contribution is 5.82. The van der Waals surface area contributed by atoms with E-state index in [1.165, 1.54) is 0 Å². The van der Waals surface area contributed by atoms with Gasteiger partial charge in [0, 0.05) is 41.3 Å². The summed E-state index contributed by atoms with van der Waals surface area (Å²) in [6, 6.07) is 7.68. The number of ether oxygens (including phenoxy) is 2. The van der Waals surface area contributed by atoms with Gasteiger partial charge in [-0.2, -0.15) is 0 Å². The summed E-state index contributed by atoms with van der Waals surface area (Å²) in [5, 5.41) is 4.38. The number of aromatic nitrogens is 2. The van der Waals surface area contributed by atoms with E-state index in [0.717, 1.165) is 33.5 Å². The molecule has 3 aromatic rings. The number of aromatic amines is 1. The van der Waals surface area contributed by atoms with Crippen molar-refractivity contribution in [1.82, 2.24) is 15.3 Å². The molecule has 0 saturated carbocycles. The first-order valence-electron chi connectivity index (χ1n) is 9.48. The van der Waals surface area contributed by atoms with E-state index in [1.807, 2.05) is 45.9 Å². The molecule has 1 unspecified atom stereocenters. The third-order valence-electron chi connectivity index (χ3n) is 4.70. The molecule has 0 saturated heterocycles. The fourth-order valence-electron chi connectivity index (χ4n) is 3.48. The van der Waals surface area contributed by atoms with E-state index < -0.39 is 5.60 Å². The Morgan fingerprint density at radius 2 is 2.04 bits per heavy atom. The van der Waals surface area contributed by atoms with Crippen molar-refractivity contribution in [1.29, 1.82) is 0 Å². The van der Waals surface area contributed by atoms with Crippen molar-refractivity contribution in [2.45, 2.75) is 52.3 Å². The molecule has 0 spiro atoms. The van der Waals surface area contributed by atoms with Gasteiger partial charge in [0.1, 0.15) is 23.1 Å². The van der Waals surface area contributed by atoms with E-state index in [9.17, 15) is 4.79 Å². The normalized spacial score (nSPS) is 16.6. The molecule has 1 aromatic carbocycles. The third kappa shape index (κ3) is 3.87. The number of esters is 1. The molecule has 6 heteroatoms. The summed E-state index contributed by atoms with van der Waals surface area (Å²) in [5.41, 5.74) is 3.73. The highest BCUT2D eigenvalue weighted by atomic mass is 16.6. The number of nitrogens with one attached hydrogen (secondary N) is 2.